The number of carbonyl (C=O) groups is 1. The molecule has 0 amide bonds. The first-order valence-corrected chi connectivity index (χ1v) is 4.17. The molecule has 1 aromatic carbocycles. The summed E-state index contributed by atoms with van der Waals surface area (Å²) < 4.78 is 12.6. The quantitative estimate of drug-likeness (QED) is 0.650. The van der Waals surface area contributed by atoms with Crippen LogP contribution in [-0.4, -0.2) is 11.1 Å². The average molecular weight is 183 g/mol. The minimum atomic E-state index is -0.559. The summed E-state index contributed by atoms with van der Waals surface area (Å²) in [5, 5.41) is 6.67. The Labute approximate surface area is 76.0 Å². The molecule has 0 heterocycles. The van der Waals surface area contributed by atoms with Crippen molar-refractivity contribution in [3.05, 3.63) is 35.6 Å². The lowest BCUT2D eigenvalue weighted by atomic mass is 10.1. The third kappa shape index (κ3) is 3.69. The molecule has 1 aromatic rings. The molecular weight excluding hydrogens is 171 g/mol. The molecule has 0 spiro atoms. The van der Waals surface area contributed by atoms with Gasteiger partial charge in [-0.15, -0.1) is 0 Å². The lowest BCUT2D eigenvalue weighted by Gasteiger charge is -1.97. The summed E-state index contributed by atoms with van der Waals surface area (Å²) >= 11 is 0. The van der Waals surface area contributed by atoms with Crippen LogP contribution in [0.15, 0.2) is 24.3 Å². The van der Waals surface area contributed by atoms with E-state index in [9.17, 15) is 9.18 Å². The van der Waals surface area contributed by atoms with E-state index in [1.54, 1.807) is 6.07 Å². The highest BCUT2D eigenvalue weighted by Gasteiger charge is 2.04. The van der Waals surface area contributed by atoms with Crippen LogP contribution in [0, 0.1) is 5.82 Å². The Morgan fingerprint density at radius 2 is 2.23 bits per heavy atom. The molecule has 0 aliphatic heterocycles. The van der Waals surface area contributed by atoms with Gasteiger partial charge in [0.05, 0.1) is 0 Å². The predicted molar refractivity (Wildman–Crippen MR) is 48.0 cm³/mol. The summed E-state index contributed by atoms with van der Waals surface area (Å²) in [6, 6.07) is 6.30. The van der Waals surface area contributed by atoms with Crippen molar-refractivity contribution in [2.45, 2.75) is 19.3 Å². The van der Waals surface area contributed by atoms with Crippen LogP contribution in [0.5, 0.6) is 0 Å². The molecule has 0 radical (unpaired) electrons. The molecule has 0 unspecified atom stereocenters. The molecule has 3 heteroatoms. The van der Waals surface area contributed by atoms with Crippen LogP contribution in [0.25, 0.3) is 0 Å². The zero-order valence-corrected chi connectivity index (χ0v) is 7.22. The van der Waals surface area contributed by atoms with Gasteiger partial charge in [-0.1, -0.05) is 12.1 Å². The minimum absolute atomic E-state index is 0.247. The lowest BCUT2D eigenvalue weighted by molar-refractivity contribution is -0.137. The van der Waals surface area contributed by atoms with Crippen molar-refractivity contribution in [1.29, 1.82) is 0 Å². The van der Waals surface area contributed by atoms with Crippen molar-refractivity contribution in [2.75, 3.05) is 0 Å². The Morgan fingerprint density at radius 3 is 2.85 bits per heavy atom. The van der Waals surface area contributed by atoms with Crippen LogP contribution in [-0.2, 0) is 11.2 Å². The Bertz CT molecular complexity index is 297. The minimum Gasteiger partial charge on any atom is -0.565 e. The van der Waals surface area contributed by atoms with E-state index in [0.717, 1.165) is 5.56 Å². The van der Waals surface area contributed by atoms with Crippen LogP contribution in [0.3, 0.4) is 0 Å². The number of carbonyl (C=O) groups excluding carboxylic acids is 1. The highest BCUT2D eigenvalue weighted by atomic mass is 19.1. The molecule has 0 saturated heterocycles. The highest BCUT2D eigenvalue weighted by Crippen LogP contribution is 2.07. The van der Waals surface area contributed by atoms with Crippen LogP contribution in [0.4, 0.5) is 4.39 Å². The standard InChI is InChI=1S/C10H11FO2/c11-9-5-1-3-8(7-9)4-2-6-10(12)13/h1,3,5,7H,2,4,6H2,(H,12,13)/p+1. The van der Waals surface area contributed by atoms with Crippen molar-refractivity contribution in [2.24, 2.45) is 0 Å². The zero-order valence-electron chi connectivity index (χ0n) is 7.22. The maximum Gasteiger partial charge on any atom is 0.515 e. The van der Waals surface area contributed by atoms with E-state index in [4.69, 9.17) is 5.11 Å². The Kier molecular flexibility index (Phi) is 3.43. The molecule has 1 rings (SSSR count). The molecule has 0 aliphatic carbocycles. The van der Waals surface area contributed by atoms with Gasteiger partial charge in [0.25, 0.3) is 0 Å². The second-order valence-corrected chi connectivity index (χ2v) is 2.91. The van der Waals surface area contributed by atoms with E-state index in [1.807, 2.05) is 6.07 Å². The van der Waals surface area contributed by atoms with Gasteiger partial charge < -0.3 is 5.11 Å². The number of hydrogen-bond acceptors (Lipinski definition) is 1. The fourth-order valence-corrected chi connectivity index (χ4v) is 1.15. The van der Waals surface area contributed by atoms with E-state index in [-0.39, 0.29) is 12.2 Å². The van der Waals surface area contributed by atoms with Crippen LogP contribution >= 0.6 is 0 Å². The van der Waals surface area contributed by atoms with Gasteiger partial charge in [-0.25, -0.2) is 4.39 Å². The van der Waals surface area contributed by atoms with E-state index in [2.05, 4.69) is 0 Å². The van der Waals surface area contributed by atoms with Gasteiger partial charge in [0.1, 0.15) is 12.2 Å². The third-order valence-electron chi connectivity index (χ3n) is 1.76. The van der Waals surface area contributed by atoms with Crippen molar-refractivity contribution >= 4 is 5.97 Å². The Morgan fingerprint density at radius 1 is 1.46 bits per heavy atom. The van der Waals surface area contributed by atoms with Gasteiger partial charge >= 0.3 is 5.97 Å². The van der Waals surface area contributed by atoms with E-state index in [0.29, 0.717) is 12.8 Å². The van der Waals surface area contributed by atoms with Gasteiger partial charge in [-0.05, 0) is 30.5 Å². The number of hydrogen-bond donors (Lipinski definition) is 0. The molecule has 0 atom stereocenters. The molecule has 0 saturated carbocycles. The van der Waals surface area contributed by atoms with Crippen molar-refractivity contribution in [3.63, 3.8) is 0 Å². The summed E-state index contributed by atoms with van der Waals surface area (Å²) in [6.45, 7) is 0. The predicted octanol–water partition coefficient (Wildman–Crippen LogP) is 1.40. The second kappa shape index (κ2) is 4.60. The zero-order chi connectivity index (χ0) is 9.68. The van der Waals surface area contributed by atoms with Gasteiger partial charge in [0.15, 0.2) is 0 Å². The molecule has 0 aromatic heterocycles. The molecule has 0 bridgehead atoms. The molecule has 0 fully saturated rings. The molecule has 2 nitrogen and oxygen atoms in total. The first-order valence-electron chi connectivity index (χ1n) is 4.17. The summed E-state index contributed by atoms with van der Waals surface area (Å²) in [5.41, 5.74) is 0.876. The van der Waals surface area contributed by atoms with Gasteiger partial charge in [0.2, 0.25) is 0 Å². The van der Waals surface area contributed by atoms with E-state index in [1.165, 1.54) is 12.1 Å². The van der Waals surface area contributed by atoms with Gasteiger partial charge in [-0.2, -0.15) is 0 Å². The SMILES string of the molecule is O=C([OH2+])CCCc1cccc(F)c1. The summed E-state index contributed by atoms with van der Waals surface area (Å²) in [6.07, 6.45) is 1.52. The summed E-state index contributed by atoms with van der Waals surface area (Å²) in [5.74, 6) is -0.814. The van der Waals surface area contributed by atoms with Crippen molar-refractivity contribution in [3.8, 4) is 0 Å². The van der Waals surface area contributed by atoms with Gasteiger partial charge in [-0.3, -0.25) is 0 Å². The second-order valence-electron chi connectivity index (χ2n) is 2.91. The van der Waals surface area contributed by atoms with E-state index >= 15 is 0 Å². The number of benzene rings is 1. The maximum atomic E-state index is 12.6. The Balaban J connectivity index is 2.41. The maximum absolute atomic E-state index is 12.6. The number of aryl methyl sites for hydroxylation is 1. The molecular formula is C10H12FO2+. The first kappa shape index (κ1) is 9.71. The third-order valence-corrected chi connectivity index (χ3v) is 1.76. The fraction of sp³-hybridized carbons (Fsp3) is 0.300. The summed E-state index contributed by atoms with van der Waals surface area (Å²) in [4.78, 5) is 10.3. The average Bonchev–Trinajstić information content (AvgIpc) is 2.03. The lowest BCUT2D eigenvalue weighted by Crippen LogP contribution is -1.95. The van der Waals surface area contributed by atoms with Crippen LogP contribution in [0.1, 0.15) is 18.4 Å². The Hall–Kier alpha value is -1.38. The number of halogens is 1. The van der Waals surface area contributed by atoms with Crippen LogP contribution < -0.4 is 0 Å². The largest absolute Gasteiger partial charge is 0.565 e. The molecule has 0 aliphatic rings. The topological polar surface area (TPSA) is 40.0 Å². The monoisotopic (exact) mass is 183 g/mol. The molecule has 2 N–H and O–H groups in total. The smallest absolute Gasteiger partial charge is 0.515 e. The van der Waals surface area contributed by atoms with Crippen molar-refractivity contribution in [1.82, 2.24) is 0 Å². The normalized spacial score (nSPS) is 9.92. The first-order chi connectivity index (χ1) is 6.18. The number of rotatable bonds is 4. The van der Waals surface area contributed by atoms with E-state index < -0.39 is 5.97 Å². The molecule has 70 valence electrons. The highest BCUT2D eigenvalue weighted by molar-refractivity contribution is 5.66. The summed E-state index contributed by atoms with van der Waals surface area (Å²) in [7, 11) is 0. The van der Waals surface area contributed by atoms with Crippen molar-refractivity contribution < 1.29 is 14.3 Å². The fourth-order valence-electron chi connectivity index (χ4n) is 1.15. The van der Waals surface area contributed by atoms with Gasteiger partial charge in [0, 0.05) is 4.79 Å². The molecule has 13 heavy (non-hydrogen) atoms. The van der Waals surface area contributed by atoms with Crippen LogP contribution in [0.2, 0.25) is 0 Å².